The molecule has 0 saturated carbocycles. The third-order valence-corrected chi connectivity index (χ3v) is 4.48. The fraction of sp³-hybridized carbons (Fsp3) is 0.0952. The fourth-order valence-corrected chi connectivity index (χ4v) is 3.07. The lowest BCUT2D eigenvalue weighted by Crippen LogP contribution is -2.15. The monoisotopic (exact) mass is 372 g/mol. The van der Waals surface area contributed by atoms with E-state index in [1.165, 1.54) is 6.20 Å². The second-order valence-electron chi connectivity index (χ2n) is 6.64. The molecule has 4 rings (SSSR count). The third-order valence-electron chi connectivity index (χ3n) is 4.48. The molecule has 0 radical (unpaired) electrons. The van der Waals surface area contributed by atoms with Crippen molar-refractivity contribution < 1.29 is 4.79 Å². The number of nitrogens with two attached hydrogens (primary N) is 1. The number of amides is 1. The Morgan fingerprint density at radius 1 is 1.07 bits per heavy atom. The van der Waals surface area contributed by atoms with Gasteiger partial charge in [0.25, 0.3) is 5.91 Å². The van der Waals surface area contributed by atoms with E-state index in [0.29, 0.717) is 11.8 Å². The average molecular weight is 372 g/mol. The van der Waals surface area contributed by atoms with Crippen molar-refractivity contribution in [1.82, 2.24) is 14.5 Å². The van der Waals surface area contributed by atoms with E-state index in [0.717, 1.165) is 27.8 Å². The lowest BCUT2D eigenvalue weighted by atomic mass is 10.2. The van der Waals surface area contributed by atoms with Gasteiger partial charge in [-0.3, -0.25) is 4.79 Å². The second kappa shape index (κ2) is 7.03. The molecule has 0 saturated heterocycles. The van der Waals surface area contributed by atoms with Crippen LogP contribution in [0, 0.1) is 6.92 Å². The van der Waals surface area contributed by atoms with Gasteiger partial charge in [-0.1, -0.05) is 12.1 Å². The predicted molar refractivity (Wildman–Crippen MR) is 111 cm³/mol. The van der Waals surface area contributed by atoms with Gasteiger partial charge >= 0.3 is 0 Å². The maximum atomic E-state index is 11.8. The van der Waals surface area contributed by atoms with Crippen LogP contribution in [0.4, 0.5) is 23.1 Å². The van der Waals surface area contributed by atoms with Crippen molar-refractivity contribution in [2.45, 2.75) is 6.92 Å². The lowest BCUT2D eigenvalue weighted by Gasteiger charge is -2.12. The summed E-state index contributed by atoms with van der Waals surface area (Å²) in [6, 6.07) is 15.8. The zero-order valence-corrected chi connectivity index (χ0v) is 15.6. The molecule has 7 heteroatoms. The Morgan fingerprint density at radius 2 is 1.89 bits per heavy atom. The van der Waals surface area contributed by atoms with Crippen LogP contribution in [0.25, 0.3) is 10.9 Å². The molecular formula is C21H20N6O. The number of primary amides is 1. The first kappa shape index (κ1) is 17.5. The number of aromatic nitrogens is 3. The molecule has 2 aromatic carbocycles. The molecule has 28 heavy (non-hydrogen) atoms. The molecule has 1 amide bonds. The van der Waals surface area contributed by atoms with Crippen molar-refractivity contribution in [1.29, 1.82) is 0 Å². The normalized spacial score (nSPS) is 10.8. The highest BCUT2D eigenvalue weighted by Gasteiger charge is 2.13. The summed E-state index contributed by atoms with van der Waals surface area (Å²) in [6.07, 6.45) is 3.44. The van der Waals surface area contributed by atoms with Gasteiger partial charge in [0.15, 0.2) is 0 Å². The summed E-state index contributed by atoms with van der Waals surface area (Å²) < 4.78 is 2.06. The molecule has 4 aromatic rings. The van der Waals surface area contributed by atoms with E-state index in [1.807, 2.05) is 68.7 Å². The molecule has 4 N–H and O–H groups in total. The van der Waals surface area contributed by atoms with Crippen LogP contribution >= 0.6 is 0 Å². The van der Waals surface area contributed by atoms with Crippen LogP contribution in [0.15, 0.2) is 60.9 Å². The van der Waals surface area contributed by atoms with Crippen LogP contribution in [-0.4, -0.2) is 20.4 Å². The average Bonchev–Trinajstić information content (AvgIpc) is 3.02. The number of anilines is 4. The van der Waals surface area contributed by atoms with Gasteiger partial charge in [-0.25, -0.2) is 4.98 Å². The number of rotatable bonds is 5. The number of nitrogens with zero attached hydrogens (tertiary/aromatic N) is 3. The first-order valence-corrected chi connectivity index (χ1v) is 8.82. The molecule has 0 bridgehead atoms. The molecule has 2 heterocycles. The molecular weight excluding hydrogens is 352 g/mol. The predicted octanol–water partition coefficient (Wildman–Crippen LogP) is 3.86. The SMILES string of the molecule is Cc1cccc(Nc2nc(Nc3ccc4c(ccn4C)c3)ncc2C(N)=O)c1. The van der Waals surface area contributed by atoms with Gasteiger partial charge in [0.05, 0.1) is 0 Å². The highest BCUT2D eigenvalue weighted by Crippen LogP contribution is 2.24. The van der Waals surface area contributed by atoms with Crippen molar-refractivity contribution in [3.05, 3.63) is 72.1 Å². The summed E-state index contributed by atoms with van der Waals surface area (Å²) in [7, 11) is 2.00. The minimum Gasteiger partial charge on any atom is -0.365 e. The largest absolute Gasteiger partial charge is 0.365 e. The standard InChI is InChI=1S/C21H20N6O/c1-13-4-3-5-15(10-13)24-20-17(19(22)28)12-23-21(26-20)25-16-6-7-18-14(11-16)8-9-27(18)2/h3-12H,1-2H3,(H2,22,28)(H2,23,24,25,26). The van der Waals surface area contributed by atoms with Gasteiger partial charge in [0.1, 0.15) is 11.4 Å². The van der Waals surface area contributed by atoms with Gasteiger partial charge in [-0.15, -0.1) is 0 Å². The summed E-state index contributed by atoms with van der Waals surface area (Å²) in [5.74, 6) is 0.138. The van der Waals surface area contributed by atoms with Crippen LogP contribution in [0.2, 0.25) is 0 Å². The number of nitrogens with one attached hydrogen (secondary N) is 2. The molecule has 140 valence electrons. The summed E-state index contributed by atoms with van der Waals surface area (Å²) in [5.41, 5.74) is 9.61. The number of fused-ring (bicyclic) bond motifs is 1. The van der Waals surface area contributed by atoms with Crippen molar-refractivity contribution in [3.63, 3.8) is 0 Å². The summed E-state index contributed by atoms with van der Waals surface area (Å²) in [4.78, 5) is 20.5. The topological polar surface area (TPSA) is 97.9 Å². The minimum atomic E-state index is -0.590. The number of benzene rings is 2. The zero-order chi connectivity index (χ0) is 19.7. The van der Waals surface area contributed by atoms with Crippen LogP contribution < -0.4 is 16.4 Å². The maximum Gasteiger partial charge on any atom is 0.254 e. The van der Waals surface area contributed by atoms with Gasteiger partial charge in [0, 0.05) is 41.7 Å². The molecule has 0 aliphatic heterocycles. The zero-order valence-electron chi connectivity index (χ0n) is 15.6. The quantitative estimate of drug-likeness (QED) is 0.494. The molecule has 0 aliphatic carbocycles. The number of aryl methyl sites for hydroxylation is 2. The van der Waals surface area contributed by atoms with E-state index in [2.05, 4.69) is 25.2 Å². The fourth-order valence-electron chi connectivity index (χ4n) is 3.07. The second-order valence-corrected chi connectivity index (χ2v) is 6.64. The molecule has 0 fully saturated rings. The van der Waals surface area contributed by atoms with Crippen LogP contribution in [-0.2, 0) is 7.05 Å². The van der Waals surface area contributed by atoms with Crippen LogP contribution in [0.3, 0.4) is 0 Å². The lowest BCUT2D eigenvalue weighted by molar-refractivity contribution is 0.100. The van der Waals surface area contributed by atoms with E-state index in [-0.39, 0.29) is 5.56 Å². The number of carbonyl (C=O) groups is 1. The number of carbonyl (C=O) groups excluding carboxylic acids is 1. The van der Waals surface area contributed by atoms with E-state index in [4.69, 9.17) is 5.73 Å². The van der Waals surface area contributed by atoms with Crippen molar-refractivity contribution in [2.24, 2.45) is 12.8 Å². The van der Waals surface area contributed by atoms with E-state index in [9.17, 15) is 4.79 Å². The highest BCUT2D eigenvalue weighted by atomic mass is 16.1. The number of hydrogen-bond donors (Lipinski definition) is 3. The highest BCUT2D eigenvalue weighted by molar-refractivity contribution is 5.98. The molecule has 0 unspecified atom stereocenters. The number of hydrogen-bond acceptors (Lipinski definition) is 5. The third kappa shape index (κ3) is 3.50. The summed E-state index contributed by atoms with van der Waals surface area (Å²) >= 11 is 0. The van der Waals surface area contributed by atoms with Crippen LogP contribution in [0.5, 0.6) is 0 Å². The van der Waals surface area contributed by atoms with Gasteiger partial charge < -0.3 is 20.9 Å². The molecule has 7 nitrogen and oxygen atoms in total. The first-order valence-electron chi connectivity index (χ1n) is 8.82. The van der Waals surface area contributed by atoms with Crippen molar-refractivity contribution in [3.8, 4) is 0 Å². The maximum absolute atomic E-state index is 11.8. The molecule has 0 aliphatic rings. The van der Waals surface area contributed by atoms with Gasteiger partial charge in [0.2, 0.25) is 5.95 Å². The Kier molecular flexibility index (Phi) is 4.41. The van der Waals surface area contributed by atoms with E-state index in [1.54, 1.807) is 0 Å². The Balaban J connectivity index is 1.66. The Bertz CT molecular complexity index is 1180. The van der Waals surface area contributed by atoms with Gasteiger partial charge in [-0.2, -0.15) is 4.98 Å². The van der Waals surface area contributed by atoms with Gasteiger partial charge in [-0.05, 0) is 48.9 Å². The Hall–Kier alpha value is -3.87. The summed E-state index contributed by atoms with van der Waals surface area (Å²) in [6.45, 7) is 1.99. The smallest absolute Gasteiger partial charge is 0.254 e. The van der Waals surface area contributed by atoms with Crippen molar-refractivity contribution in [2.75, 3.05) is 10.6 Å². The minimum absolute atomic E-state index is 0.227. The molecule has 2 aromatic heterocycles. The molecule has 0 spiro atoms. The van der Waals surface area contributed by atoms with E-state index >= 15 is 0 Å². The Morgan fingerprint density at radius 3 is 2.68 bits per heavy atom. The van der Waals surface area contributed by atoms with Crippen LogP contribution in [0.1, 0.15) is 15.9 Å². The molecule has 0 atom stereocenters. The summed E-state index contributed by atoms with van der Waals surface area (Å²) in [5, 5.41) is 7.45. The van der Waals surface area contributed by atoms with Crippen molar-refractivity contribution >= 4 is 40.0 Å². The Labute approximate surface area is 162 Å². The first-order chi connectivity index (χ1) is 13.5. The van der Waals surface area contributed by atoms with E-state index < -0.39 is 5.91 Å².